The second-order valence-corrected chi connectivity index (χ2v) is 10.1. The Labute approximate surface area is 185 Å². The van der Waals surface area contributed by atoms with E-state index in [2.05, 4.69) is 62.2 Å². The maximum Gasteiger partial charge on any atom is 0.202 e. The van der Waals surface area contributed by atoms with Crippen LogP contribution < -0.4 is 10.2 Å². The maximum absolute atomic E-state index is 10.1. The molecule has 0 unspecified atom stereocenters. The van der Waals surface area contributed by atoms with Crippen molar-refractivity contribution >= 4 is 34.5 Å². The molecule has 0 saturated heterocycles. The van der Waals surface area contributed by atoms with Crippen molar-refractivity contribution in [2.75, 3.05) is 10.2 Å². The van der Waals surface area contributed by atoms with E-state index in [1.807, 2.05) is 12.1 Å². The summed E-state index contributed by atoms with van der Waals surface area (Å²) >= 11 is 5.75. The first-order valence-electron chi connectivity index (χ1n) is 10.8. The fraction of sp³-hybridized carbons (Fsp3) is 0.440. The molecule has 4 nitrogen and oxygen atoms in total. The van der Waals surface area contributed by atoms with E-state index in [-0.39, 0.29) is 16.7 Å². The number of benzene rings is 2. The van der Waals surface area contributed by atoms with Crippen LogP contribution in [0.4, 0.5) is 11.4 Å². The molecule has 2 N–H and O–H groups in total. The van der Waals surface area contributed by atoms with Crippen molar-refractivity contribution in [3.05, 3.63) is 54.1 Å². The predicted molar refractivity (Wildman–Crippen MR) is 130 cm³/mol. The summed E-state index contributed by atoms with van der Waals surface area (Å²) in [5.41, 5.74) is 3.14. The summed E-state index contributed by atoms with van der Waals surface area (Å²) in [6.45, 7) is 9.09. The van der Waals surface area contributed by atoms with Crippen molar-refractivity contribution in [2.45, 2.75) is 58.9 Å². The van der Waals surface area contributed by atoms with Gasteiger partial charge in [-0.2, -0.15) is 0 Å². The number of hydrogen-bond donors (Lipinski definition) is 2. The van der Waals surface area contributed by atoms with Crippen LogP contribution in [-0.4, -0.2) is 21.6 Å². The van der Waals surface area contributed by atoms with Gasteiger partial charge in [-0.1, -0.05) is 44.5 Å². The smallest absolute Gasteiger partial charge is 0.202 e. The summed E-state index contributed by atoms with van der Waals surface area (Å²) in [5.74, 6) is 1.84. The Kier molecular flexibility index (Phi) is 5.35. The second-order valence-electron chi connectivity index (χ2n) is 9.76. The first-order valence-corrected chi connectivity index (χ1v) is 11.2. The summed E-state index contributed by atoms with van der Waals surface area (Å²) in [7, 11) is 0. The Balaban J connectivity index is 1.71. The summed E-state index contributed by atoms with van der Waals surface area (Å²) in [4.78, 5) is 7.00. The fourth-order valence-corrected chi connectivity index (χ4v) is 5.24. The number of hydrogen-bond acceptors (Lipinski definition) is 3. The minimum atomic E-state index is -0.308. The van der Waals surface area contributed by atoms with Gasteiger partial charge in [0.2, 0.25) is 5.11 Å². The molecule has 1 fully saturated rings. The maximum atomic E-state index is 10.1. The van der Waals surface area contributed by atoms with Gasteiger partial charge < -0.3 is 15.3 Å². The first-order chi connectivity index (χ1) is 14.2. The van der Waals surface area contributed by atoms with Gasteiger partial charge in [0, 0.05) is 17.4 Å². The second kappa shape index (κ2) is 7.69. The third-order valence-electron chi connectivity index (χ3n) is 6.71. The number of phenols is 1. The van der Waals surface area contributed by atoms with Gasteiger partial charge in [-0.25, -0.2) is 4.99 Å². The molecule has 2 aliphatic rings. The predicted octanol–water partition coefficient (Wildman–Crippen LogP) is 6.29. The van der Waals surface area contributed by atoms with Crippen molar-refractivity contribution in [1.29, 1.82) is 0 Å². The molecule has 0 atom stereocenters. The molecule has 5 heteroatoms. The zero-order chi connectivity index (χ0) is 21.5. The Morgan fingerprint density at radius 1 is 1.10 bits per heavy atom. The molecule has 1 saturated carbocycles. The lowest BCUT2D eigenvalue weighted by Gasteiger charge is -2.47. The largest absolute Gasteiger partial charge is 0.508 e. The molecule has 1 aliphatic carbocycles. The Bertz CT molecular complexity index is 967. The van der Waals surface area contributed by atoms with Crippen LogP contribution in [-0.2, 0) is 0 Å². The van der Waals surface area contributed by atoms with Crippen LogP contribution >= 0.6 is 12.2 Å². The van der Waals surface area contributed by atoms with Crippen molar-refractivity contribution in [3.63, 3.8) is 0 Å². The number of nitrogens with one attached hydrogen (secondary N) is 1. The fourth-order valence-electron chi connectivity index (χ4n) is 4.87. The quantitative estimate of drug-likeness (QED) is 0.559. The van der Waals surface area contributed by atoms with Crippen LogP contribution in [0, 0.1) is 18.3 Å². The molecule has 158 valence electrons. The van der Waals surface area contributed by atoms with E-state index in [1.54, 1.807) is 12.1 Å². The van der Waals surface area contributed by atoms with E-state index < -0.39 is 0 Å². The molecule has 0 aromatic heterocycles. The first kappa shape index (κ1) is 20.9. The summed E-state index contributed by atoms with van der Waals surface area (Å²) < 4.78 is 0. The zero-order valence-corrected chi connectivity index (χ0v) is 19.1. The molecule has 0 amide bonds. The highest BCUT2D eigenvalue weighted by Crippen LogP contribution is 2.48. The van der Waals surface area contributed by atoms with Crippen LogP contribution in [0.15, 0.2) is 53.5 Å². The number of aryl methyl sites for hydroxylation is 1. The number of nitrogens with zero attached hydrogens (tertiary/aromatic N) is 2. The number of amidine groups is 1. The van der Waals surface area contributed by atoms with Crippen molar-refractivity contribution in [2.24, 2.45) is 16.3 Å². The van der Waals surface area contributed by atoms with E-state index in [1.165, 1.54) is 5.56 Å². The lowest BCUT2D eigenvalue weighted by atomic mass is 9.66. The van der Waals surface area contributed by atoms with E-state index in [0.29, 0.717) is 11.0 Å². The Hall–Kier alpha value is -2.40. The molecule has 4 rings (SSSR count). The highest BCUT2D eigenvalue weighted by atomic mass is 32.1. The topological polar surface area (TPSA) is 47.9 Å². The highest BCUT2D eigenvalue weighted by Gasteiger charge is 2.51. The summed E-state index contributed by atoms with van der Waals surface area (Å²) in [5, 5.41) is 14.2. The number of aromatic hydroxyl groups is 1. The number of phenolic OH excluding ortho intramolecular Hbond substituents is 1. The van der Waals surface area contributed by atoms with E-state index in [4.69, 9.17) is 17.2 Å². The third-order valence-corrected chi connectivity index (χ3v) is 6.98. The molecular formula is C25H31N3OS. The van der Waals surface area contributed by atoms with Crippen LogP contribution in [0.1, 0.15) is 52.0 Å². The summed E-state index contributed by atoms with van der Waals surface area (Å²) in [6, 6.07) is 15.7. The number of rotatable bonds is 2. The van der Waals surface area contributed by atoms with Gasteiger partial charge in [-0.15, -0.1) is 0 Å². The number of anilines is 2. The Morgan fingerprint density at radius 3 is 2.37 bits per heavy atom. The Morgan fingerprint density at radius 2 is 1.77 bits per heavy atom. The molecule has 1 spiro atoms. The van der Waals surface area contributed by atoms with Crippen LogP contribution in [0.25, 0.3) is 0 Å². The molecule has 2 aromatic rings. The monoisotopic (exact) mass is 421 g/mol. The van der Waals surface area contributed by atoms with Gasteiger partial charge in [-0.3, -0.25) is 0 Å². The van der Waals surface area contributed by atoms with Gasteiger partial charge in [-0.05, 0) is 80.4 Å². The minimum absolute atomic E-state index is 0.244. The van der Waals surface area contributed by atoms with Crippen LogP contribution in [0.2, 0.25) is 0 Å². The molecule has 30 heavy (non-hydrogen) atoms. The van der Waals surface area contributed by atoms with Crippen molar-refractivity contribution < 1.29 is 5.11 Å². The molecule has 0 radical (unpaired) electrons. The SMILES string of the molecule is Cc1ccc(NC2=NC(=S)N(c3cccc(O)c3)C23CCC(C(C)(C)C)CC3)cc1. The van der Waals surface area contributed by atoms with Gasteiger partial charge in [0.25, 0.3) is 0 Å². The van der Waals surface area contributed by atoms with Crippen molar-refractivity contribution in [3.8, 4) is 5.75 Å². The molecule has 2 aromatic carbocycles. The zero-order valence-electron chi connectivity index (χ0n) is 18.3. The molecule has 1 heterocycles. The van der Waals surface area contributed by atoms with Crippen LogP contribution in [0.3, 0.4) is 0 Å². The van der Waals surface area contributed by atoms with E-state index in [9.17, 15) is 5.11 Å². The van der Waals surface area contributed by atoms with E-state index in [0.717, 1.165) is 42.9 Å². The van der Waals surface area contributed by atoms with Gasteiger partial charge in [0.05, 0.1) is 0 Å². The lowest BCUT2D eigenvalue weighted by Crippen LogP contribution is -2.56. The number of thiocarbonyl (C=S) groups is 1. The standard InChI is InChI=1S/C25H31N3OS/c1-17-8-10-19(11-9-17)26-22-25(14-12-18(13-15-25)24(2,3)4)28(23(30)27-22)20-6-5-7-21(29)16-20/h5-11,16,18,29H,12-15H2,1-4H3,(H,26,27,30). The van der Waals surface area contributed by atoms with Gasteiger partial charge in [0.15, 0.2) is 0 Å². The third kappa shape index (κ3) is 3.83. The lowest BCUT2D eigenvalue weighted by molar-refractivity contribution is 0.158. The number of aliphatic imine (C=N–C) groups is 1. The average molecular weight is 422 g/mol. The summed E-state index contributed by atoms with van der Waals surface area (Å²) in [6.07, 6.45) is 4.19. The normalized spacial score (nSPS) is 24.3. The van der Waals surface area contributed by atoms with Gasteiger partial charge >= 0.3 is 0 Å². The van der Waals surface area contributed by atoms with Crippen LogP contribution in [0.5, 0.6) is 5.75 Å². The molecular weight excluding hydrogens is 390 g/mol. The highest BCUT2D eigenvalue weighted by molar-refractivity contribution is 7.80. The van der Waals surface area contributed by atoms with Crippen molar-refractivity contribution in [1.82, 2.24) is 0 Å². The van der Waals surface area contributed by atoms with Gasteiger partial charge in [0.1, 0.15) is 17.1 Å². The minimum Gasteiger partial charge on any atom is -0.508 e. The molecule has 0 bridgehead atoms. The average Bonchev–Trinajstić information content (AvgIpc) is 2.94. The molecule has 1 aliphatic heterocycles. The van der Waals surface area contributed by atoms with E-state index >= 15 is 0 Å².